The molecule has 2 aromatic heterocycles. The summed E-state index contributed by atoms with van der Waals surface area (Å²) >= 11 is 0. The number of fused-ring (bicyclic) bond motifs is 2. The number of ether oxygens (including phenoxy) is 3. The van der Waals surface area contributed by atoms with Gasteiger partial charge in [0.25, 0.3) is 0 Å². The molecule has 2 aromatic carbocycles. The molecule has 0 amide bonds. The summed E-state index contributed by atoms with van der Waals surface area (Å²) in [4.78, 5) is 17.9. The molecule has 33 heavy (non-hydrogen) atoms. The third-order valence-electron chi connectivity index (χ3n) is 6.44. The van der Waals surface area contributed by atoms with Crippen molar-refractivity contribution in [2.75, 3.05) is 59.5 Å². The SMILES string of the molecule is COCc1nc2c(OC)c(-c3nc4ccc(N5CCN(C)CC5)cc4[nH]3)cc(OC)c2n1C. The minimum absolute atomic E-state index is 0.395. The average molecular weight is 451 g/mol. The maximum Gasteiger partial charge on any atom is 0.157 e. The number of rotatable bonds is 6. The van der Waals surface area contributed by atoms with Gasteiger partial charge in [0.05, 0.1) is 30.8 Å². The van der Waals surface area contributed by atoms with Crippen molar-refractivity contribution >= 4 is 27.8 Å². The lowest BCUT2D eigenvalue weighted by Crippen LogP contribution is -2.44. The fourth-order valence-corrected chi connectivity index (χ4v) is 4.56. The Morgan fingerprint density at radius 1 is 0.970 bits per heavy atom. The normalized spacial score (nSPS) is 15.0. The van der Waals surface area contributed by atoms with Crippen molar-refractivity contribution in [1.29, 1.82) is 0 Å². The first-order chi connectivity index (χ1) is 16.0. The van der Waals surface area contributed by atoms with E-state index in [0.717, 1.165) is 65.5 Å². The summed E-state index contributed by atoms with van der Waals surface area (Å²) in [5.74, 6) is 2.87. The molecule has 9 nitrogen and oxygen atoms in total. The van der Waals surface area contributed by atoms with E-state index in [1.165, 1.54) is 5.69 Å². The molecule has 4 aromatic rings. The highest BCUT2D eigenvalue weighted by molar-refractivity contribution is 5.96. The predicted molar refractivity (Wildman–Crippen MR) is 129 cm³/mol. The molecule has 174 valence electrons. The van der Waals surface area contributed by atoms with Crippen molar-refractivity contribution in [3.05, 3.63) is 30.1 Å². The monoisotopic (exact) mass is 450 g/mol. The Bertz CT molecular complexity index is 1300. The molecule has 0 unspecified atom stereocenters. The van der Waals surface area contributed by atoms with Gasteiger partial charge < -0.3 is 33.6 Å². The van der Waals surface area contributed by atoms with Crippen LogP contribution in [0.3, 0.4) is 0 Å². The van der Waals surface area contributed by atoms with Gasteiger partial charge in [-0.2, -0.15) is 0 Å². The van der Waals surface area contributed by atoms with Gasteiger partial charge in [0.15, 0.2) is 5.75 Å². The number of anilines is 1. The number of piperazine rings is 1. The predicted octanol–water partition coefficient (Wildman–Crippen LogP) is 3.03. The molecule has 1 saturated heterocycles. The number of nitrogens with one attached hydrogen (secondary N) is 1. The van der Waals surface area contributed by atoms with Crippen molar-refractivity contribution in [3.8, 4) is 22.9 Å². The first-order valence-electron chi connectivity index (χ1n) is 11.1. The second-order valence-electron chi connectivity index (χ2n) is 8.45. The lowest BCUT2D eigenvalue weighted by atomic mass is 10.1. The molecule has 0 bridgehead atoms. The molecule has 1 aliphatic heterocycles. The van der Waals surface area contributed by atoms with Gasteiger partial charge in [-0.1, -0.05) is 0 Å². The molecule has 0 saturated carbocycles. The van der Waals surface area contributed by atoms with E-state index in [1.807, 2.05) is 17.7 Å². The van der Waals surface area contributed by atoms with E-state index in [4.69, 9.17) is 24.2 Å². The van der Waals surface area contributed by atoms with E-state index in [9.17, 15) is 0 Å². The fourth-order valence-electron chi connectivity index (χ4n) is 4.56. The molecule has 0 radical (unpaired) electrons. The molecule has 0 aliphatic carbocycles. The highest BCUT2D eigenvalue weighted by Gasteiger charge is 2.23. The van der Waals surface area contributed by atoms with Crippen LogP contribution in [-0.2, 0) is 18.4 Å². The zero-order chi connectivity index (χ0) is 23.1. The van der Waals surface area contributed by atoms with E-state index in [1.54, 1.807) is 21.3 Å². The number of hydrogen-bond acceptors (Lipinski definition) is 7. The summed E-state index contributed by atoms with van der Waals surface area (Å²) in [7, 11) is 9.09. The summed E-state index contributed by atoms with van der Waals surface area (Å²) in [6.07, 6.45) is 0. The number of methoxy groups -OCH3 is 3. The van der Waals surface area contributed by atoms with E-state index >= 15 is 0 Å². The first kappa shape index (κ1) is 21.5. The van der Waals surface area contributed by atoms with Gasteiger partial charge in [-0.15, -0.1) is 0 Å². The number of hydrogen-bond donors (Lipinski definition) is 1. The number of nitrogens with zero attached hydrogens (tertiary/aromatic N) is 5. The Hall–Kier alpha value is -3.30. The van der Waals surface area contributed by atoms with Gasteiger partial charge in [0.2, 0.25) is 0 Å². The third-order valence-corrected chi connectivity index (χ3v) is 6.44. The van der Waals surface area contributed by atoms with Crippen molar-refractivity contribution < 1.29 is 14.2 Å². The van der Waals surface area contributed by atoms with Crippen LogP contribution in [0.25, 0.3) is 33.5 Å². The second kappa shape index (κ2) is 8.57. The molecular formula is C24H30N6O3. The molecule has 0 spiro atoms. The standard InChI is InChI=1S/C24H30N6O3/c1-28-8-10-30(11-9-28)15-6-7-17-18(12-15)26-24(25-17)16-13-19(32-4)22-21(23(16)33-5)27-20(14-31-3)29(22)2/h6-7,12-13H,8-11,14H2,1-5H3,(H,25,26). The van der Waals surface area contributed by atoms with Gasteiger partial charge in [0, 0.05) is 46.0 Å². The van der Waals surface area contributed by atoms with Crippen LogP contribution in [-0.4, -0.2) is 79.0 Å². The largest absolute Gasteiger partial charge is 0.494 e. The van der Waals surface area contributed by atoms with Gasteiger partial charge in [0.1, 0.15) is 35.0 Å². The van der Waals surface area contributed by atoms with Crippen LogP contribution in [0.4, 0.5) is 5.69 Å². The van der Waals surface area contributed by atoms with E-state index in [0.29, 0.717) is 18.1 Å². The highest BCUT2D eigenvalue weighted by atomic mass is 16.5. The molecule has 1 fully saturated rings. The Morgan fingerprint density at radius 2 is 1.76 bits per heavy atom. The van der Waals surface area contributed by atoms with Crippen molar-refractivity contribution in [1.82, 2.24) is 24.4 Å². The van der Waals surface area contributed by atoms with Gasteiger partial charge in [-0.25, -0.2) is 9.97 Å². The fraction of sp³-hybridized carbons (Fsp3) is 0.417. The summed E-state index contributed by atoms with van der Waals surface area (Å²) in [6, 6.07) is 8.35. The number of likely N-dealkylation sites (N-methyl/N-ethyl adjacent to an activating group) is 1. The van der Waals surface area contributed by atoms with Crippen LogP contribution in [0, 0.1) is 0 Å². The minimum Gasteiger partial charge on any atom is -0.494 e. The Balaban J connectivity index is 1.61. The summed E-state index contributed by atoms with van der Waals surface area (Å²) < 4.78 is 18.9. The number of aryl methyl sites for hydroxylation is 1. The molecule has 9 heteroatoms. The molecular weight excluding hydrogens is 420 g/mol. The molecule has 5 rings (SSSR count). The van der Waals surface area contributed by atoms with Crippen LogP contribution in [0.2, 0.25) is 0 Å². The van der Waals surface area contributed by atoms with Crippen LogP contribution in [0.5, 0.6) is 11.5 Å². The highest BCUT2D eigenvalue weighted by Crippen LogP contribution is 2.41. The average Bonchev–Trinajstić information content (AvgIpc) is 3.39. The number of H-pyrrole nitrogens is 1. The lowest BCUT2D eigenvalue weighted by Gasteiger charge is -2.34. The third kappa shape index (κ3) is 3.67. The number of imidazole rings is 2. The van der Waals surface area contributed by atoms with Crippen LogP contribution < -0.4 is 14.4 Å². The Kier molecular flexibility index (Phi) is 5.59. The van der Waals surface area contributed by atoms with Gasteiger partial charge in [-0.05, 0) is 31.3 Å². The smallest absolute Gasteiger partial charge is 0.157 e. The molecule has 1 N–H and O–H groups in total. The van der Waals surface area contributed by atoms with Crippen LogP contribution in [0.15, 0.2) is 24.3 Å². The van der Waals surface area contributed by atoms with E-state index < -0.39 is 0 Å². The molecule has 0 atom stereocenters. The second-order valence-corrected chi connectivity index (χ2v) is 8.45. The summed E-state index contributed by atoms with van der Waals surface area (Å²) in [5.41, 5.74) is 5.49. The quantitative estimate of drug-likeness (QED) is 0.484. The van der Waals surface area contributed by atoms with Crippen LogP contribution in [0.1, 0.15) is 5.82 Å². The molecule has 1 aliphatic rings. The Morgan fingerprint density at radius 3 is 2.45 bits per heavy atom. The number of benzene rings is 2. The van der Waals surface area contributed by atoms with E-state index in [2.05, 4.69) is 40.0 Å². The number of aromatic amines is 1. The van der Waals surface area contributed by atoms with Gasteiger partial charge in [-0.3, -0.25) is 0 Å². The Labute approximate surface area is 192 Å². The number of aromatic nitrogens is 4. The first-order valence-corrected chi connectivity index (χ1v) is 11.1. The summed E-state index contributed by atoms with van der Waals surface area (Å²) in [6.45, 7) is 4.58. The minimum atomic E-state index is 0.395. The van der Waals surface area contributed by atoms with Crippen molar-refractivity contribution in [3.63, 3.8) is 0 Å². The van der Waals surface area contributed by atoms with Crippen molar-refractivity contribution in [2.24, 2.45) is 7.05 Å². The zero-order valence-corrected chi connectivity index (χ0v) is 19.8. The van der Waals surface area contributed by atoms with E-state index in [-0.39, 0.29) is 0 Å². The summed E-state index contributed by atoms with van der Waals surface area (Å²) in [5, 5.41) is 0. The maximum absolute atomic E-state index is 5.84. The van der Waals surface area contributed by atoms with Crippen molar-refractivity contribution in [2.45, 2.75) is 6.61 Å². The molecule has 3 heterocycles. The zero-order valence-electron chi connectivity index (χ0n) is 19.8. The maximum atomic E-state index is 5.84. The topological polar surface area (TPSA) is 80.7 Å². The lowest BCUT2D eigenvalue weighted by molar-refractivity contribution is 0.175. The van der Waals surface area contributed by atoms with Crippen LogP contribution >= 0.6 is 0 Å². The van der Waals surface area contributed by atoms with Gasteiger partial charge >= 0.3 is 0 Å².